The molecule has 0 aromatic heterocycles. The SMILES string of the molecule is CC(=O)[C@@H](CO)NO. The number of Topliss-reactive ketones (excluding diaryl/α,β-unsaturated/α-hetero) is 1. The first-order valence-electron chi connectivity index (χ1n) is 2.23. The van der Waals surface area contributed by atoms with E-state index in [1.807, 2.05) is 0 Å². The molecule has 8 heavy (non-hydrogen) atoms. The summed E-state index contributed by atoms with van der Waals surface area (Å²) in [5.74, 6) is -0.282. The Labute approximate surface area is 47.1 Å². The standard InChI is InChI=1S/C4H9NO3/c1-3(7)4(2-6)5-8/h4-6,8H,2H2,1H3/t4-/m1/s1. The molecular formula is C4H9NO3. The van der Waals surface area contributed by atoms with Crippen molar-refractivity contribution in [1.82, 2.24) is 5.48 Å². The van der Waals surface area contributed by atoms with Gasteiger partial charge in [0.05, 0.1) is 6.61 Å². The Morgan fingerprint density at radius 3 is 2.38 bits per heavy atom. The zero-order valence-corrected chi connectivity index (χ0v) is 4.59. The van der Waals surface area contributed by atoms with Gasteiger partial charge in [-0.05, 0) is 6.92 Å². The van der Waals surface area contributed by atoms with Crippen molar-refractivity contribution in [3.63, 3.8) is 0 Å². The van der Waals surface area contributed by atoms with Gasteiger partial charge < -0.3 is 10.3 Å². The Balaban J connectivity index is 3.52. The molecule has 0 aromatic rings. The molecule has 0 aliphatic heterocycles. The second-order valence-electron chi connectivity index (χ2n) is 1.47. The van der Waals surface area contributed by atoms with Crippen LogP contribution in [0.15, 0.2) is 0 Å². The Morgan fingerprint density at radius 1 is 1.88 bits per heavy atom. The number of ketones is 1. The van der Waals surface area contributed by atoms with E-state index >= 15 is 0 Å². The molecule has 0 amide bonds. The molecule has 3 N–H and O–H groups in total. The summed E-state index contributed by atoms with van der Waals surface area (Å²) in [6.45, 7) is 0.913. The summed E-state index contributed by atoms with van der Waals surface area (Å²) in [7, 11) is 0. The largest absolute Gasteiger partial charge is 0.394 e. The summed E-state index contributed by atoms with van der Waals surface area (Å²) in [4.78, 5) is 10.2. The molecule has 0 aromatic carbocycles. The predicted molar refractivity (Wildman–Crippen MR) is 26.5 cm³/mol. The Kier molecular flexibility index (Phi) is 3.34. The number of aliphatic hydroxyl groups is 1. The topological polar surface area (TPSA) is 69.6 Å². The molecule has 4 heteroatoms. The van der Waals surface area contributed by atoms with Crippen molar-refractivity contribution in [3.05, 3.63) is 0 Å². The highest BCUT2D eigenvalue weighted by molar-refractivity contribution is 5.81. The number of hydrogen-bond donors (Lipinski definition) is 3. The summed E-state index contributed by atoms with van der Waals surface area (Å²) in [6, 6.07) is -0.824. The second kappa shape index (κ2) is 3.54. The lowest BCUT2D eigenvalue weighted by molar-refractivity contribution is -0.122. The van der Waals surface area contributed by atoms with E-state index in [1.54, 1.807) is 5.48 Å². The Bertz CT molecular complexity index is 79.4. The van der Waals surface area contributed by atoms with E-state index in [0.29, 0.717) is 0 Å². The van der Waals surface area contributed by atoms with Crippen LogP contribution in [0.2, 0.25) is 0 Å². The van der Waals surface area contributed by atoms with Gasteiger partial charge in [-0.2, -0.15) is 5.48 Å². The Hall–Kier alpha value is -0.450. The first-order chi connectivity index (χ1) is 3.72. The average molecular weight is 119 g/mol. The van der Waals surface area contributed by atoms with Crippen LogP contribution >= 0.6 is 0 Å². The van der Waals surface area contributed by atoms with Crippen LogP contribution in [-0.4, -0.2) is 28.7 Å². The van der Waals surface area contributed by atoms with Gasteiger partial charge in [0.1, 0.15) is 6.04 Å². The van der Waals surface area contributed by atoms with Crippen LogP contribution in [0.25, 0.3) is 0 Å². The summed E-state index contributed by atoms with van der Waals surface area (Å²) < 4.78 is 0. The van der Waals surface area contributed by atoms with Crippen LogP contribution in [0.1, 0.15) is 6.92 Å². The summed E-state index contributed by atoms with van der Waals surface area (Å²) >= 11 is 0. The van der Waals surface area contributed by atoms with Gasteiger partial charge in [0.25, 0.3) is 0 Å². The zero-order chi connectivity index (χ0) is 6.57. The zero-order valence-electron chi connectivity index (χ0n) is 4.59. The van der Waals surface area contributed by atoms with Gasteiger partial charge in [0.2, 0.25) is 0 Å². The van der Waals surface area contributed by atoms with Gasteiger partial charge in [-0.1, -0.05) is 0 Å². The molecule has 0 fully saturated rings. The molecule has 48 valence electrons. The fourth-order valence-corrected chi connectivity index (χ4v) is 0.260. The predicted octanol–water partition coefficient (Wildman–Crippen LogP) is -1.08. The third kappa shape index (κ3) is 2.02. The number of rotatable bonds is 3. The van der Waals surface area contributed by atoms with E-state index in [2.05, 4.69) is 0 Å². The van der Waals surface area contributed by atoms with E-state index in [9.17, 15) is 4.79 Å². The molecule has 1 atom stereocenters. The summed E-state index contributed by atoms with van der Waals surface area (Å²) in [6.07, 6.45) is 0. The van der Waals surface area contributed by atoms with Gasteiger partial charge >= 0.3 is 0 Å². The molecule has 0 unspecified atom stereocenters. The minimum Gasteiger partial charge on any atom is -0.394 e. The van der Waals surface area contributed by atoms with Gasteiger partial charge in [-0.25, -0.2) is 0 Å². The van der Waals surface area contributed by atoms with Gasteiger partial charge in [0.15, 0.2) is 5.78 Å². The number of aliphatic hydroxyl groups excluding tert-OH is 1. The molecule has 0 bridgehead atoms. The van der Waals surface area contributed by atoms with Crippen LogP contribution in [0.5, 0.6) is 0 Å². The Morgan fingerprint density at radius 2 is 2.38 bits per heavy atom. The van der Waals surface area contributed by atoms with Crippen LogP contribution in [-0.2, 0) is 4.79 Å². The molecule has 4 nitrogen and oxygen atoms in total. The van der Waals surface area contributed by atoms with Crippen molar-refractivity contribution in [2.45, 2.75) is 13.0 Å². The molecule has 0 spiro atoms. The van der Waals surface area contributed by atoms with Crippen molar-refractivity contribution < 1.29 is 15.1 Å². The number of hydroxylamine groups is 1. The second-order valence-corrected chi connectivity index (χ2v) is 1.47. The maximum Gasteiger partial charge on any atom is 0.151 e. The summed E-state index contributed by atoms with van der Waals surface area (Å²) in [5, 5.41) is 16.3. The fraction of sp³-hybridized carbons (Fsp3) is 0.750. The van der Waals surface area contributed by atoms with Crippen molar-refractivity contribution >= 4 is 5.78 Å². The van der Waals surface area contributed by atoms with Crippen molar-refractivity contribution in [3.8, 4) is 0 Å². The molecule has 0 rings (SSSR count). The van der Waals surface area contributed by atoms with Gasteiger partial charge in [0, 0.05) is 0 Å². The molecule has 0 aliphatic carbocycles. The van der Waals surface area contributed by atoms with Crippen molar-refractivity contribution in [2.24, 2.45) is 0 Å². The minimum atomic E-state index is -0.824. The lowest BCUT2D eigenvalue weighted by atomic mass is 10.2. The highest BCUT2D eigenvalue weighted by atomic mass is 16.5. The third-order valence-corrected chi connectivity index (χ3v) is 0.829. The lowest BCUT2D eigenvalue weighted by Gasteiger charge is -2.04. The van der Waals surface area contributed by atoms with Crippen LogP contribution in [0.3, 0.4) is 0 Å². The van der Waals surface area contributed by atoms with Gasteiger partial charge in [-0.15, -0.1) is 0 Å². The van der Waals surface area contributed by atoms with Crippen molar-refractivity contribution in [2.75, 3.05) is 6.61 Å². The fourth-order valence-electron chi connectivity index (χ4n) is 0.260. The van der Waals surface area contributed by atoms with E-state index in [0.717, 1.165) is 0 Å². The van der Waals surface area contributed by atoms with E-state index in [-0.39, 0.29) is 12.4 Å². The van der Waals surface area contributed by atoms with E-state index in [4.69, 9.17) is 10.3 Å². The maximum absolute atomic E-state index is 10.2. The quantitative estimate of drug-likeness (QED) is 0.413. The van der Waals surface area contributed by atoms with Crippen LogP contribution in [0, 0.1) is 0 Å². The monoisotopic (exact) mass is 119 g/mol. The number of carbonyl (C=O) groups excluding carboxylic acids is 1. The molecule has 0 saturated heterocycles. The van der Waals surface area contributed by atoms with E-state index in [1.165, 1.54) is 6.92 Å². The van der Waals surface area contributed by atoms with Crippen LogP contribution in [0.4, 0.5) is 0 Å². The molecule has 0 heterocycles. The molecule has 0 saturated carbocycles. The molecular weight excluding hydrogens is 110 g/mol. The molecule has 0 aliphatic rings. The highest BCUT2D eigenvalue weighted by Gasteiger charge is 2.08. The smallest absolute Gasteiger partial charge is 0.151 e. The first kappa shape index (κ1) is 7.55. The molecule has 0 radical (unpaired) electrons. The van der Waals surface area contributed by atoms with E-state index < -0.39 is 6.04 Å². The summed E-state index contributed by atoms with van der Waals surface area (Å²) in [5.41, 5.74) is 1.65. The number of hydrogen-bond acceptors (Lipinski definition) is 4. The third-order valence-electron chi connectivity index (χ3n) is 0.829. The lowest BCUT2D eigenvalue weighted by Crippen LogP contribution is -2.35. The van der Waals surface area contributed by atoms with Crippen LogP contribution < -0.4 is 5.48 Å². The maximum atomic E-state index is 10.2. The number of nitrogens with one attached hydrogen (secondary N) is 1. The normalized spacial score (nSPS) is 13.4. The van der Waals surface area contributed by atoms with Gasteiger partial charge in [-0.3, -0.25) is 4.79 Å². The first-order valence-corrected chi connectivity index (χ1v) is 2.23. The average Bonchev–Trinajstić information content (AvgIpc) is 1.69. The minimum absolute atomic E-state index is 0.282. The highest BCUT2D eigenvalue weighted by Crippen LogP contribution is 1.79. The number of carbonyl (C=O) groups is 1. The van der Waals surface area contributed by atoms with Crippen molar-refractivity contribution in [1.29, 1.82) is 0 Å².